The van der Waals surface area contributed by atoms with Crippen LogP contribution in [-0.2, 0) is 0 Å². The van der Waals surface area contributed by atoms with E-state index in [4.69, 9.17) is 0 Å². The predicted molar refractivity (Wildman–Crippen MR) is 51.9 cm³/mol. The molecule has 0 spiro atoms. The van der Waals surface area contributed by atoms with Crippen LogP contribution in [0.2, 0.25) is 0 Å². The molecule has 0 unspecified atom stereocenters. The van der Waals surface area contributed by atoms with Crippen LogP contribution in [0.5, 0.6) is 0 Å². The second kappa shape index (κ2) is 4.91. The van der Waals surface area contributed by atoms with Crippen LogP contribution in [0.25, 0.3) is 0 Å². The SMILES string of the molecule is C=C(Br)CNCCC(C)(C)O. The van der Waals surface area contributed by atoms with E-state index >= 15 is 0 Å². The lowest BCUT2D eigenvalue weighted by molar-refractivity contribution is 0.0715. The average Bonchev–Trinajstić information content (AvgIpc) is 1.78. The third kappa shape index (κ3) is 10.1. The maximum absolute atomic E-state index is 9.31. The summed E-state index contributed by atoms with van der Waals surface area (Å²) >= 11 is 3.24. The zero-order chi connectivity index (χ0) is 8.91. The van der Waals surface area contributed by atoms with E-state index < -0.39 is 5.60 Å². The van der Waals surface area contributed by atoms with Gasteiger partial charge in [0.2, 0.25) is 0 Å². The molecule has 3 heteroatoms. The molecule has 66 valence electrons. The molecule has 0 bridgehead atoms. The summed E-state index contributed by atoms with van der Waals surface area (Å²) in [5, 5.41) is 12.4. The maximum Gasteiger partial charge on any atom is 0.0603 e. The molecule has 0 fully saturated rings. The van der Waals surface area contributed by atoms with Gasteiger partial charge in [-0.2, -0.15) is 0 Å². The first kappa shape index (κ1) is 11.1. The molecule has 0 aromatic carbocycles. The Morgan fingerprint density at radius 1 is 1.64 bits per heavy atom. The van der Waals surface area contributed by atoms with E-state index in [1.54, 1.807) is 13.8 Å². The molecule has 0 aliphatic heterocycles. The molecule has 0 saturated heterocycles. The molecule has 0 heterocycles. The molecule has 0 saturated carbocycles. The first-order valence-electron chi connectivity index (χ1n) is 3.68. The summed E-state index contributed by atoms with van der Waals surface area (Å²) < 4.78 is 0.938. The molecule has 0 amide bonds. The quantitative estimate of drug-likeness (QED) is 0.693. The van der Waals surface area contributed by atoms with Gasteiger partial charge in [0.1, 0.15) is 0 Å². The molecular weight excluding hydrogens is 206 g/mol. The number of rotatable bonds is 5. The number of hydrogen-bond acceptors (Lipinski definition) is 2. The summed E-state index contributed by atoms with van der Waals surface area (Å²) in [5.74, 6) is 0. The van der Waals surface area contributed by atoms with Crippen molar-refractivity contribution in [2.45, 2.75) is 25.9 Å². The Hall–Kier alpha value is 0.140. The van der Waals surface area contributed by atoms with Crippen LogP contribution in [0.3, 0.4) is 0 Å². The third-order valence-corrected chi connectivity index (χ3v) is 1.51. The van der Waals surface area contributed by atoms with Crippen LogP contribution < -0.4 is 5.32 Å². The van der Waals surface area contributed by atoms with Gasteiger partial charge in [0.25, 0.3) is 0 Å². The number of nitrogens with one attached hydrogen (secondary N) is 1. The molecule has 0 atom stereocenters. The van der Waals surface area contributed by atoms with Crippen molar-refractivity contribution in [2.75, 3.05) is 13.1 Å². The van der Waals surface area contributed by atoms with Crippen molar-refractivity contribution in [1.82, 2.24) is 5.32 Å². The Labute approximate surface area is 76.8 Å². The Kier molecular flexibility index (Phi) is 4.97. The minimum atomic E-state index is -0.569. The zero-order valence-electron chi connectivity index (χ0n) is 7.15. The normalized spacial score (nSPS) is 11.6. The summed E-state index contributed by atoms with van der Waals surface area (Å²) in [4.78, 5) is 0. The van der Waals surface area contributed by atoms with E-state index in [1.165, 1.54) is 0 Å². The van der Waals surface area contributed by atoms with Gasteiger partial charge in [-0.1, -0.05) is 22.5 Å². The minimum Gasteiger partial charge on any atom is -0.390 e. The molecule has 0 aliphatic rings. The van der Waals surface area contributed by atoms with Gasteiger partial charge in [-0.25, -0.2) is 0 Å². The Balaban J connectivity index is 3.22. The van der Waals surface area contributed by atoms with Crippen molar-refractivity contribution in [3.05, 3.63) is 11.1 Å². The Morgan fingerprint density at radius 3 is 2.55 bits per heavy atom. The molecule has 2 nitrogen and oxygen atoms in total. The fraction of sp³-hybridized carbons (Fsp3) is 0.750. The number of hydrogen-bond donors (Lipinski definition) is 2. The van der Waals surface area contributed by atoms with Gasteiger partial charge in [-0.3, -0.25) is 0 Å². The van der Waals surface area contributed by atoms with E-state index in [-0.39, 0.29) is 0 Å². The van der Waals surface area contributed by atoms with E-state index in [0.29, 0.717) is 0 Å². The first-order chi connectivity index (χ1) is 4.92. The van der Waals surface area contributed by atoms with Crippen LogP contribution in [-0.4, -0.2) is 23.8 Å². The topological polar surface area (TPSA) is 32.3 Å². The second-order valence-corrected chi connectivity index (χ2v) is 4.38. The molecule has 2 N–H and O–H groups in total. The highest BCUT2D eigenvalue weighted by atomic mass is 79.9. The zero-order valence-corrected chi connectivity index (χ0v) is 8.74. The molecule has 0 aromatic heterocycles. The van der Waals surface area contributed by atoms with Crippen LogP contribution in [0.15, 0.2) is 11.1 Å². The molecule has 11 heavy (non-hydrogen) atoms. The summed E-state index contributed by atoms with van der Waals surface area (Å²) in [5.41, 5.74) is -0.569. The molecular formula is C8H16BrNO. The fourth-order valence-corrected chi connectivity index (χ4v) is 0.817. The van der Waals surface area contributed by atoms with Crippen molar-refractivity contribution >= 4 is 15.9 Å². The second-order valence-electron chi connectivity index (χ2n) is 3.26. The van der Waals surface area contributed by atoms with E-state index in [9.17, 15) is 5.11 Å². The molecule has 0 aromatic rings. The lowest BCUT2D eigenvalue weighted by atomic mass is 10.1. The molecule has 0 aliphatic carbocycles. The first-order valence-corrected chi connectivity index (χ1v) is 4.47. The fourth-order valence-electron chi connectivity index (χ4n) is 0.618. The highest BCUT2D eigenvalue weighted by Crippen LogP contribution is 2.05. The van der Waals surface area contributed by atoms with E-state index in [1.807, 2.05) is 0 Å². The molecule has 0 rings (SSSR count). The van der Waals surface area contributed by atoms with Crippen molar-refractivity contribution < 1.29 is 5.11 Å². The van der Waals surface area contributed by atoms with Crippen molar-refractivity contribution in [2.24, 2.45) is 0 Å². The summed E-state index contributed by atoms with van der Waals surface area (Å²) in [6, 6.07) is 0. The molecule has 0 radical (unpaired) electrons. The van der Waals surface area contributed by atoms with Crippen molar-refractivity contribution in [3.8, 4) is 0 Å². The van der Waals surface area contributed by atoms with Crippen LogP contribution in [0.1, 0.15) is 20.3 Å². The lowest BCUT2D eigenvalue weighted by Crippen LogP contribution is -2.27. The summed E-state index contributed by atoms with van der Waals surface area (Å²) in [7, 11) is 0. The van der Waals surface area contributed by atoms with Crippen LogP contribution in [0.4, 0.5) is 0 Å². The predicted octanol–water partition coefficient (Wildman–Crippen LogP) is 1.65. The minimum absolute atomic E-state index is 0.569. The van der Waals surface area contributed by atoms with Gasteiger partial charge in [0.15, 0.2) is 0 Å². The maximum atomic E-state index is 9.31. The van der Waals surface area contributed by atoms with Crippen LogP contribution >= 0.6 is 15.9 Å². The average molecular weight is 222 g/mol. The summed E-state index contributed by atoms with van der Waals surface area (Å²) in [6.45, 7) is 8.86. The van der Waals surface area contributed by atoms with Gasteiger partial charge in [0.05, 0.1) is 5.60 Å². The summed E-state index contributed by atoms with van der Waals surface area (Å²) in [6.07, 6.45) is 0.757. The lowest BCUT2D eigenvalue weighted by Gasteiger charge is -2.16. The van der Waals surface area contributed by atoms with Gasteiger partial charge in [-0.05, 0) is 26.8 Å². The van der Waals surface area contributed by atoms with Gasteiger partial charge in [-0.15, -0.1) is 0 Å². The van der Waals surface area contributed by atoms with Crippen LogP contribution in [0, 0.1) is 0 Å². The highest BCUT2D eigenvalue weighted by Gasteiger charge is 2.10. The number of aliphatic hydroxyl groups is 1. The number of halogens is 1. The van der Waals surface area contributed by atoms with Gasteiger partial charge >= 0.3 is 0 Å². The standard InChI is InChI=1S/C8H16BrNO/c1-7(9)6-10-5-4-8(2,3)11/h10-11H,1,4-6H2,2-3H3. The van der Waals surface area contributed by atoms with E-state index in [2.05, 4.69) is 27.8 Å². The Bertz CT molecular complexity index is 129. The third-order valence-electron chi connectivity index (χ3n) is 1.23. The monoisotopic (exact) mass is 221 g/mol. The van der Waals surface area contributed by atoms with Crippen molar-refractivity contribution in [3.63, 3.8) is 0 Å². The van der Waals surface area contributed by atoms with Crippen molar-refractivity contribution in [1.29, 1.82) is 0 Å². The van der Waals surface area contributed by atoms with Gasteiger partial charge < -0.3 is 10.4 Å². The smallest absolute Gasteiger partial charge is 0.0603 e. The highest BCUT2D eigenvalue weighted by molar-refractivity contribution is 9.11. The van der Waals surface area contributed by atoms with Gasteiger partial charge in [0, 0.05) is 11.0 Å². The van der Waals surface area contributed by atoms with E-state index in [0.717, 1.165) is 24.0 Å². The Morgan fingerprint density at radius 2 is 2.18 bits per heavy atom. The largest absolute Gasteiger partial charge is 0.390 e.